The molecule has 0 saturated carbocycles. The van der Waals surface area contributed by atoms with Gasteiger partial charge in [-0.15, -0.1) is 0 Å². The molecule has 4 nitrogen and oxygen atoms in total. The van der Waals surface area contributed by atoms with Gasteiger partial charge < -0.3 is 10.2 Å². The fraction of sp³-hybridized carbons (Fsp3) is 0.167. The van der Waals surface area contributed by atoms with E-state index in [4.69, 9.17) is 0 Å². The molecule has 88 valence electrons. The van der Waals surface area contributed by atoms with Crippen molar-refractivity contribution in [3.63, 3.8) is 0 Å². The van der Waals surface area contributed by atoms with E-state index in [2.05, 4.69) is 31.2 Å². The zero-order valence-corrected chi connectivity index (χ0v) is 11.3. The lowest BCUT2D eigenvalue weighted by atomic mass is 10.3. The van der Waals surface area contributed by atoms with Crippen LogP contribution >= 0.6 is 15.9 Å². The van der Waals surface area contributed by atoms with Gasteiger partial charge in [-0.1, -0.05) is 0 Å². The molecule has 0 spiro atoms. The molecular formula is C12H13BrN4. The number of aromatic nitrogens is 2. The zero-order valence-electron chi connectivity index (χ0n) is 9.68. The number of rotatable bonds is 3. The van der Waals surface area contributed by atoms with Gasteiger partial charge in [0.15, 0.2) is 0 Å². The van der Waals surface area contributed by atoms with Crippen LogP contribution in [0.3, 0.4) is 0 Å². The molecule has 2 rings (SSSR count). The largest absolute Gasteiger partial charge is 0.363 e. The molecule has 0 radical (unpaired) electrons. The van der Waals surface area contributed by atoms with E-state index < -0.39 is 0 Å². The van der Waals surface area contributed by atoms with Gasteiger partial charge in [0.05, 0.1) is 0 Å². The zero-order chi connectivity index (χ0) is 12.3. The fourth-order valence-corrected chi connectivity index (χ4v) is 1.57. The van der Waals surface area contributed by atoms with E-state index in [0.717, 1.165) is 21.8 Å². The molecule has 2 aromatic heterocycles. The summed E-state index contributed by atoms with van der Waals surface area (Å²) < 4.78 is 0.965. The van der Waals surface area contributed by atoms with E-state index in [1.807, 2.05) is 43.3 Å². The van der Waals surface area contributed by atoms with Gasteiger partial charge in [0, 0.05) is 42.7 Å². The molecule has 5 heteroatoms. The number of hydrogen-bond acceptors (Lipinski definition) is 4. The number of anilines is 3. The highest BCUT2D eigenvalue weighted by molar-refractivity contribution is 9.10. The van der Waals surface area contributed by atoms with Crippen molar-refractivity contribution in [1.82, 2.24) is 9.97 Å². The van der Waals surface area contributed by atoms with Gasteiger partial charge in [0.2, 0.25) is 0 Å². The van der Waals surface area contributed by atoms with Crippen molar-refractivity contribution in [2.75, 3.05) is 24.3 Å². The van der Waals surface area contributed by atoms with E-state index >= 15 is 0 Å². The Kier molecular flexibility index (Phi) is 3.58. The normalized spacial score (nSPS) is 10.1. The summed E-state index contributed by atoms with van der Waals surface area (Å²) in [5, 5.41) is 3.23. The topological polar surface area (TPSA) is 41.0 Å². The Labute approximate surface area is 109 Å². The molecule has 0 atom stereocenters. The molecule has 0 aliphatic heterocycles. The van der Waals surface area contributed by atoms with Crippen LogP contribution in [0.15, 0.2) is 41.1 Å². The van der Waals surface area contributed by atoms with Crippen molar-refractivity contribution in [1.29, 1.82) is 0 Å². The van der Waals surface area contributed by atoms with Crippen molar-refractivity contribution in [2.24, 2.45) is 0 Å². The Morgan fingerprint density at radius 1 is 1.18 bits per heavy atom. The average Bonchev–Trinajstić information content (AvgIpc) is 2.32. The van der Waals surface area contributed by atoms with Crippen molar-refractivity contribution >= 4 is 33.3 Å². The molecule has 0 unspecified atom stereocenters. The number of nitrogens with one attached hydrogen (secondary N) is 1. The quantitative estimate of drug-likeness (QED) is 0.944. The summed E-state index contributed by atoms with van der Waals surface area (Å²) in [5.41, 5.74) is 0.971. The summed E-state index contributed by atoms with van der Waals surface area (Å²) in [6.45, 7) is 0. The minimum absolute atomic E-state index is 0.809. The molecule has 17 heavy (non-hydrogen) atoms. The van der Waals surface area contributed by atoms with Gasteiger partial charge in [-0.05, 0) is 34.1 Å². The Balaban J connectivity index is 2.18. The molecule has 0 aromatic carbocycles. The predicted molar refractivity (Wildman–Crippen MR) is 73.8 cm³/mol. The first kappa shape index (κ1) is 11.9. The third kappa shape index (κ3) is 3.17. The summed E-state index contributed by atoms with van der Waals surface area (Å²) in [5.74, 6) is 1.72. The molecule has 0 aliphatic rings. The Bertz CT molecular complexity index is 496. The second-order valence-corrected chi connectivity index (χ2v) is 4.70. The lowest BCUT2D eigenvalue weighted by Gasteiger charge is -2.12. The van der Waals surface area contributed by atoms with Crippen molar-refractivity contribution in [3.05, 3.63) is 41.1 Å². The van der Waals surface area contributed by atoms with Crippen LogP contribution < -0.4 is 10.2 Å². The number of halogens is 1. The van der Waals surface area contributed by atoms with E-state index in [1.165, 1.54) is 0 Å². The van der Waals surface area contributed by atoms with Gasteiger partial charge in [-0.25, -0.2) is 9.97 Å². The van der Waals surface area contributed by atoms with Crippen molar-refractivity contribution in [3.8, 4) is 0 Å². The maximum absolute atomic E-state index is 4.26. The monoisotopic (exact) mass is 292 g/mol. The molecule has 0 amide bonds. The Morgan fingerprint density at radius 3 is 2.65 bits per heavy atom. The minimum atomic E-state index is 0.809. The third-order valence-electron chi connectivity index (χ3n) is 2.20. The maximum Gasteiger partial charge on any atom is 0.130 e. The minimum Gasteiger partial charge on any atom is -0.363 e. The standard InChI is InChI=1S/C12H13BrN4/c1-17(2)12-7-10(5-6-14-12)16-11-4-3-9(13)8-15-11/h3-8H,1-2H3,(H,14,15,16). The molecule has 2 heterocycles. The van der Waals surface area contributed by atoms with E-state index in [0.29, 0.717) is 0 Å². The predicted octanol–water partition coefficient (Wildman–Crippen LogP) is 3.05. The molecule has 0 bridgehead atoms. The second kappa shape index (κ2) is 5.14. The van der Waals surface area contributed by atoms with Gasteiger partial charge in [-0.2, -0.15) is 0 Å². The van der Waals surface area contributed by atoms with Crippen LogP contribution in [0, 0.1) is 0 Å². The summed E-state index contributed by atoms with van der Waals surface area (Å²) in [6.07, 6.45) is 3.53. The van der Waals surface area contributed by atoms with Crippen LogP contribution in [0.25, 0.3) is 0 Å². The van der Waals surface area contributed by atoms with Crippen LogP contribution in [0.2, 0.25) is 0 Å². The van der Waals surface area contributed by atoms with E-state index in [-0.39, 0.29) is 0 Å². The first-order chi connectivity index (χ1) is 8.15. The molecule has 1 N–H and O–H groups in total. The maximum atomic E-state index is 4.26. The first-order valence-corrected chi connectivity index (χ1v) is 5.96. The molecule has 0 fully saturated rings. The van der Waals surface area contributed by atoms with Crippen LogP contribution in [0.1, 0.15) is 0 Å². The fourth-order valence-electron chi connectivity index (χ4n) is 1.34. The van der Waals surface area contributed by atoms with Gasteiger partial charge in [-0.3, -0.25) is 0 Å². The second-order valence-electron chi connectivity index (χ2n) is 3.78. The lowest BCUT2D eigenvalue weighted by Crippen LogP contribution is -2.10. The molecular weight excluding hydrogens is 280 g/mol. The van der Waals surface area contributed by atoms with Crippen LogP contribution in [-0.2, 0) is 0 Å². The first-order valence-electron chi connectivity index (χ1n) is 5.17. The summed E-state index contributed by atoms with van der Waals surface area (Å²) in [7, 11) is 3.92. The smallest absolute Gasteiger partial charge is 0.130 e. The average molecular weight is 293 g/mol. The van der Waals surface area contributed by atoms with Gasteiger partial charge in [0.25, 0.3) is 0 Å². The molecule has 0 aliphatic carbocycles. The highest BCUT2D eigenvalue weighted by Gasteiger charge is 2.00. The Morgan fingerprint density at radius 2 is 2.00 bits per heavy atom. The summed E-state index contributed by atoms with van der Waals surface area (Å²) >= 11 is 3.35. The SMILES string of the molecule is CN(C)c1cc(Nc2ccc(Br)cn2)ccn1. The highest BCUT2D eigenvalue weighted by Crippen LogP contribution is 2.19. The lowest BCUT2D eigenvalue weighted by molar-refractivity contribution is 1.07. The summed E-state index contributed by atoms with van der Waals surface area (Å²) in [6, 6.07) is 7.75. The van der Waals surface area contributed by atoms with E-state index in [9.17, 15) is 0 Å². The number of pyridine rings is 2. The van der Waals surface area contributed by atoms with E-state index in [1.54, 1.807) is 12.4 Å². The third-order valence-corrected chi connectivity index (χ3v) is 2.67. The highest BCUT2D eigenvalue weighted by atomic mass is 79.9. The Hall–Kier alpha value is -1.62. The van der Waals surface area contributed by atoms with Crippen LogP contribution in [0.4, 0.5) is 17.3 Å². The van der Waals surface area contributed by atoms with Crippen LogP contribution in [0.5, 0.6) is 0 Å². The molecule has 0 saturated heterocycles. The van der Waals surface area contributed by atoms with Gasteiger partial charge >= 0.3 is 0 Å². The number of hydrogen-bond donors (Lipinski definition) is 1. The summed E-state index contributed by atoms with van der Waals surface area (Å²) in [4.78, 5) is 10.5. The van der Waals surface area contributed by atoms with Gasteiger partial charge in [0.1, 0.15) is 11.6 Å². The van der Waals surface area contributed by atoms with Crippen molar-refractivity contribution in [2.45, 2.75) is 0 Å². The molecule has 2 aromatic rings. The van der Waals surface area contributed by atoms with Crippen LogP contribution in [-0.4, -0.2) is 24.1 Å². The number of nitrogens with zero attached hydrogens (tertiary/aromatic N) is 3. The van der Waals surface area contributed by atoms with Crippen molar-refractivity contribution < 1.29 is 0 Å².